The molecule has 0 bridgehead atoms. The highest BCUT2D eigenvalue weighted by molar-refractivity contribution is 5.51. The fourth-order valence-corrected chi connectivity index (χ4v) is 6.06. The van der Waals surface area contributed by atoms with Crippen LogP contribution in [0.3, 0.4) is 0 Å². The summed E-state index contributed by atoms with van der Waals surface area (Å²) >= 11 is 0. The van der Waals surface area contributed by atoms with Crippen LogP contribution < -0.4 is 10.6 Å². The predicted molar refractivity (Wildman–Crippen MR) is 192 cm³/mol. The Balaban J connectivity index is 1.79. The van der Waals surface area contributed by atoms with Crippen LogP contribution in [0.25, 0.3) is 0 Å². The molecule has 0 aliphatic rings. The topological polar surface area (TPSA) is 64.5 Å². The van der Waals surface area contributed by atoms with Crippen LogP contribution in [-0.4, -0.2) is 35.4 Å². The molecule has 44 heavy (non-hydrogen) atoms. The van der Waals surface area contributed by atoms with Gasteiger partial charge in [-0.3, -0.25) is 0 Å². The SMILES string of the molecule is CC(Cc1cc(C(C)(C)C)c(O)c(C(C)(C)C)c1)NCCCCCCNC(C)Cc1cc(C(C)(C)C)c(O)c(C(C)(C)C)c1. The van der Waals surface area contributed by atoms with E-state index in [9.17, 15) is 10.2 Å². The van der Waals surface area contributed by atoms with E-state index in [1.807, 2.05) is 0 Å². The van der Waals surface area contributed by atoms with Gasteiger partial charge in [0.05, 0.1) is 0 Å². The molecule has 2 atom stereocenters. The first kappa shape index (κ1) is 38.1. The molecule has 0 aliphatic carbocycles. The Labute approximate surface area is 271 Å². The first-order chi connectivity index (χ1) is 20.0. The summed E-state index contributed by atoms with van der Waals surface area (Å²) < 4.78 is 0. The van der Waals surface area contributed by atoms with Crippen LogP contribution in [0.1, 0.15) is 156 Å². The Kier molecular flexibility index (Phi) is 13.0. The van der Waals surface area contributed by atoms with E-state index in [2.05, 4.69) is 132 Å². The van der Waals surface area contributed by atoms with Gasteiger partial charge in [0, 0.05) is 12.1 Å². The summed E-state index contributed by atoms with van der Waals surface area (Å²) in [5.41, 5.74) is 6.39. The van der Waals surface area contributed by atoms with Crippen LogP contribution in [0, 0.1) is 0 Å². The van der Waals surface area contributed by atoms with Crippen molar-refractivity contribution in [2.75, 3.05) is 13.1 Å². The fourth-order valence-electron chi connectivity index (χ4n) is 6.06. The molecule has 0 amide bonds. The van der Waals surface area contributed by atoms with E-state index in [0.29, 0.717) is 23.6 Å². The summed E-state index contributed by atoms with van der Waals surface area (Å²) in [5, 5.41) is 29.5. The van der Waals surface area contributed by atoms with E-state index in [0.717, 1.165) is 48.2 Å². The second-order valence-electron chi connectivity index (χ2n) is 17.6. The van der Waals surface area contributed by atoms with E-state index in [1.54, 1.807) is 0 Å². The van der Waals surface area contributed by atoms with Crippen LogP contribution in [0.2, 0.25) is 0 Å². The minimum Gasteiger partial charge on any atom is -0.507 e. The van der Waals surface area contributed by atoms with Crippen LogP contribution in [0.15, 0.2) is 24.3 Å². The first-order valence-electron chi connectivity index (χ1n) is 17.2. The van der Waals surface area contributed by atoms with Gasteiger partial charge in [0.2, 0.25) is 0 Å². The van der Waals surface area contributed by atoms with Gasteiger partial charge in [0.25, 0.3) is 0 Å². The number of nitrogens with one attached hydrogen (secondary N) is 2. The summed E-state index contributed by atoms with van der Waals surface area (Å²) in [4.78, 5) is 0. The molecule has 2 unspecified atom stereocenters. The fraction of sp³-hybridized carbons (Fsp3) is 0.700. The molecule has 0 saturated carbocycles. The summed E-state index contributed by atoms with van der Waals surface area (Å²) in [5.74, 6) is 0.922. The van der Waals surface area contributed by atoms with Crippen molar-refractivity contribution in [2.45, 2.75) is 169 Å². The summed E-state index contributed by atoms with van der Waals surface area (Å²) in [6.45, 7) is 32.7. The van der Waals surface area contributed by atoms with Gasteiger partial charge in [-0.1, -0.05) is 120 Å². The Bertz CT molecular complexity index is 1040. The molecule has 0 aliphatic heterocycles. The van der Waals surface area contributed by atoms with Gasteiger partial charge in [-0.15, -0.1) is 0 Å². The largest absolute Gasteiger partial charge is 0.507 e. The molecule has 0 saturated heterocycles. The molecule has 0 fully saturated rings. The smallest absolute Gasteiger partial charge is 0.123 e. The molecule has 2 aromatic carbocycles. The lowest BCUT2D eigenvalue weighted by Crippen LogP contribution is -2.30. The Morgan fingerprint density at radius 2 is 0.727 bits per heavy atom. The third kappa shape index (κ3) is 11.4. The van der Waals surface area contributed by atoms with Crippen LogP contribution >= 0.6 is 0 Å². The van der Waals surface area contributed by atoms with Gasteiger partial charge in [-0.2, -0.15) is 0 Å². The van der Waals surface area contributed by atoms with Gasteiger partial charge in [0.15, 0.2) is 0 Å². The molecule has 4 nitrogen and oxygen atoms in total. The van der Waals surface area contributed by atoms with Gasteiger partial charge < -0.3 is 20.8 Å². The number of phenolic OH excluding ortho intramolecular Hbond substituents is 2. The zero-order valence-electron chi connectivity index (χ0n) is 31.0. The molecule has 250 valence electrons. The molecule has 4 N–H and O–H groups in total. The number of phenols is 2. The molecule has 2 aromatic rings. The van der Waals surface area contributed by atoms with E-state index < -0.39 is 0 Å². The van der Waals surface area contributed by atoms with E-state index in [-0.39, 0.29) is 21.7 Å². The zero-order chi connectivity index (χ0) is 33.7. The molecule has 0 radical (unpaired) electrons. The molecule has 0 spiro atoms. The van der Waals surface area contributed by atoms with Crippen molar-refractivity contribution in [1.29, 1.82) is 0 Å². The maximum absolute atomic E-state index is 11.0. The second kappa shape index (κ2) is 15.0. The van der Waals surface area contributed by atoms with Gasteiger partial charge in [0.1, 0.15) is 11.5 Å². The minimum absolute atomic E-state index is 0.0967. The van der Waals surface area contributed by atoms with E-state index in [1.165, 1.54) is 36.8 Å². The predicted octanol–water partition coefficient (Wildman–Crippen LogP) is 9.59. The second-order valence-corrected chi connectivity index (χ2v) is 17.6. The number of hydrogen-bond donors (Lipinski definition) is 4. The standard InChI is InChI=1S/C40H68N2O2/c1-27(21-29-23-31(37(3,4)5)35(43)32(24-29)38(6,7)8)41-19-17-15-16-18-20-42-28(2)22-30-25-33(39(9,10)11)36(44)34(26-30)40(12,13)14/h23-28,41-44H,15-22H2,1-14H3. The number of aromatic hydroxyl groups is 2. The number of rotatable bonds is 13. The summed E-state index contributed by atoms with van der Waals surface area (Å²) in [6, 6.07) is 9.63. The molecule has 2 rings (SSSR count). The van der Waals surface area contributed by atoms with Crippen molar-refractivity contribution in [3.8, 4) is 11.5 Å². The summed E-state index contributed by atoms with van der Waals surface area (Å²) in [6.07, 6.45) is 6.77. The van der Waals surface area contributed by atoms with Gasteiger partial charge in [-0.05, 0) is 108 Å². The lowest BCUT2D eigenvalue weighted by molar-refractivity contribution is 0.421. The lowest BCUT2D eigenvalue weighted by Gasteiger charge is -2.29. The maximum Gasteiger partial charge on any atom is 0.123 e. The van der Waals surface area contributed by atoms with E-state index in [4.69, 9.17) is 0 Å². The van der Waals surface area contributed by atoms with Crippen molar-refractivity contribution in [2.24, 2.45) is 0 Å². The third-order valence-electron chi connectivity index (χ3n) is 8.74. The average molecular weight is 609 g/mol. The lowest BCUT2D eigenvalue weighted by atomic mass is 9.78. The highest BCUT2D eigenvalue weighted by Gasteiger charge is 2.28. The van der Waals surface area contributed by atoms with E-state index >= 15 is 0 Å². The third-order valence-corrected chi connectivity index (χ3v) is 8.74. The molecular weight excluding hydrogens is 540 g/mol. The number of unbranched alkanes of at least 4 members (excludes halogenated alkanes) is 3. The molecular formula is C40H68N2O2. The Morgan fingerprint density at radius 3 is 0.955 bits per heavy atom. The van der Waals surface area contributed by atoms with Crippen molar-refractivity contribution >= 4 is 0 Å². The van der Waals surface area contributed by atoms with Crippen molar-refractivity contribution in [3.63, 3.8) is 0 Å². The van der Waals surface area contributed by atoms with Gasteiger partial charge in [-0.25, -0.2) is 0 Å². The molecule has 0 aromatic heterocycles. The maximum atomic E-state index is 11.0. The van der Waals surface area contributed by atoms with Crippen molar-refractivity contribution < 1.29 is 10.2 Å². The molecule has 4 heteroatoms. The number of benzene rings is 2. The highest BCUT2D eigenvalue weighted by atomic mass is 16.3. The van der Waals surface area contributed by atoms with Crippen LogP contribution in [0.5, 0.6) is 11.5 Å². The first-order valence-corrected chi connectivity index (χ1v) is 17.2. The normalized spacial score (nSPS) is 14.6. The highest BCUT2D eigenvalue weighted by Crippen LogP contribution is 2.41. The van der Waals surface area contributed by atoms with Crippen molar-refractivity contribution in [1.82, 2.24) is 10.6 Å². The number of hydrogen-bond acceptors (Lipinski definition) is 4. The monoisotopic (exact) mass is 609 g/mol. The quantitative estimate of drug-likeness (QED) is 0.171. The minimum atomic E-state index is -0.0967. The van der Waals surface area contributed by atoms with Crippen molar-refractivity contribution in [3.05, 3.63) is 57.6 Å². The van der Waals surface area contributed by atoms with Gasteiger partial charge >= 0.3 is 0 Å². The molecule has 0 heterocycles. The zero-order valence-corrected chi connectivity index (χ0v) is 31.0. The average Bonchev–Trinajstić information content (AvgIpc) is 2.84. The van der Waals surface area contributed by atoms with Crippen LogP contribution in [-0.2, 0) is 34.5 Å². The van der Waals surface area contributed by atoms with Crippen LogP contribution in [0.4, 0.5) is 0 Å². The summed E-state index contributed by atoms with van der Waals surface area (Å²) in [7, 11) is 0. The Morgan fingerprint density at radius 1 is 0.477 bits per heavy atom. The Hall–Kier alpha value is -2.04.